The first-order valence-electron chi connectivity index (χ1n) is 10.3. The van der Waals surface area contributed by atoms with Crippen LogP contribution in [0, 0.1) is 18.3 Å². The quantitative estimate of drug-likeness (QED) is 0.666. The topological polar surface area (TPSA) is 78.9 Å². The Kier molecular flexibility index (Phi) is 6.09. The first-order chi connectivity index (χ1) is 14.2. The molecule has 4 rings (SSSR count). The van der Waals surface area contributed by atoms with Gasteiger partial charge in [-0.1, -0.05) is 30.3 Å². The first-order valence-corrected chi connectivity index (χ1v) is 10.3. The zero-order valence-electron chi connectivity index (χ0n) is 18.1. The molecule has 1 fully saturated rings. The number of nitrogens with zero attached hydrogens (tertiary/aromatic N) is 3. The molecule has 3 aromatic rings. The number of aliphatic hydroxyl groups is 1. The molecule has 1 heterocycles. The van der Waals surface area contributed by atoms with Crippen molar-refractivity contribution in [1.82, 2.24) is 9.55 Å². The van der Waals surface area contributed by atoms with Crippen LogP contribution in [-0.4, -0.2) is 20.4 Å². The highest BCUT2D eigenvalue weighted by atomic mass is 16.3. The second-order valence-electron chi connectivity index (χ2n) is 8.68. The van der Waals surface area contributed by atoms with Crippen molar-refractivity contribution in [3.8, 4) is 6.07 Å². The molecule has 0 unspecified atom stereocenters. The van der Waals surface area contributed by atoms with Gasteiger partial charge in [0.2, 0.25) is 0 Å². The molecule has 0 aliphatic heterocycles. The highest BCUT2D eigenvalue weighted by Gasteiger charge is 2.35. The van der Waals surface area contributed by atoms with Crippen molar-refractivity contribution in [3.05, 3.63) is 65.5 Å². The molecule has 1 aliphatic carbocycles. The van der Waals surface area contributed by atoms with Gasteiger partial charge in [-0.3, -0.25) is 4.79 Å². The summed E-state index contributed by atoms with van der Waals surface area (Å²) in [6, 6.07) is 17.2. The van der Waals surface area contributed by atoms with Crippen molar-refractivity contribution in [2.45, 2.75) is 64.5 Å². The van der Waals surface area contributed by atoms with Crippen molar-refractivity contribution in [3.63, 3.8) is 0 Å². The number of carbonyl (C=O) groups is 1. The summed E-state index contributed by atoms with van der Waals surface area (Å²) < 4.78 is 2.31. The lowest BCUT2D eigenvalue weighted by Gasteiger charge is -2.41. The summed E-state index contributed by atoms with van der Waals surface area (Å²) in [6.07, 6.45) is 3.86. The van der Waals surface area contributed by atoms with E-state index in [-0.39, 0.29) is 17.7 Å². The van der Waals surface area contributed by atoms with Crippen LogP contribution in [0.3, 0.4) is 0 Å². The lowest BCUT2D eigenvalue weighted by molar-refractivity contribution is -0.121. The number of fused-ring (bicyclic) bond motifs is 1. The number of hydrogen-bond acceptors (Lipinski definition) is 4. The van der Waals surface area contributed by atoms with Crippen LogP contribution in [0.1, 0.15) is 63.4 Å². The Balaban J connectivity index is 0.000000178. The Bertz CT molecular complexity index is 1090. The van der Waals surface area contributed by atoms with Gasteiger partial charge in [-0.05, 0) is 70.7 Å². The number of ketones is 1. The van der Waals surface area contributed by atoms with Gasteiger partial charge in [0.25, 0.3) is 0 Å². The van der Waals surface area contributed by atoms with Crippen LogP contribution >= 0.6 is 0 Å². The van der Waals surface area contributed by atoms with Gasteiger partial charge in [0.15, 0.2) is 0 Å². The summed E-state index contributed by atoms with van der Waals surface area (Å²) >= 11 is 0. The van der Waals surface area contributed by atoms with Crippen molar-refractivity contribution >= 4 is 16.8 Å². The SMILES string of the molecule is CC(=O)C[C@@](C)(O)c1ccccc1.Cc1nc2ccc(C#N)cc2n1C1(C)CCC1. The van der Waals surface area contributed by atoms with Crippen LogP contribution in [0.5, 0.6) is 0 Å². The summed E-state index contributed by atoms with van der Waals surface area (Å²) in [5, 5.41) is 18.9. The van der Waals surface area contributed by atoms with E-state index in [1.54, 1.807) is 6.92 Å². The molecule has 1 N–H and O–H groups in total. The Morgan fingerprint density at radius 1 is 1.27 bits per heavy atom. The number of hydrogen-bond donors (Lipinski definition) is 1. The molecule has 0 radical (unpaired) electrons. The molecule has 1 atom stereocenters. The maximum absolute atomic E-state index is 10.9. The monoisotopic (exact) mass is 403 g/mol. The van der Waals surface area contributed by atoms with Crippen molar-refractivity contribution < 1.29 is 9.90 Å². The smallest absolute Gasteiger partial charge is 0.133 e. The van der Waals surface area contributed by atoms with Gasteiger partial charge >= 0.3 is 0 Å². The predicted octanol–water partition coefficient (Wildman–Crippen LogP) is 4.99. The predicted molar refractivity (Wildman–Crippen MR) is 118 cm³/mol. The number of aromatic nitrogens is 2. The standard InChI is InChI=1S/C14H15N3.C11H14O2/c1-10-16-12-5-4-11(9-15)8-13(12)17(10)14(2)6-3-7-14;1-9(12)8-11(2,13)10-6-4-3-5-7-10/h4-5,8H,3,6-7H2,1-2H3;3-7,13H,8H2,1-2H3/t;11-/m.1/s1. The van der Waals surface area contributed by atoms with Gasteiger partial charge in [0.05, 0.1) is 28.3 Å². The second-order valence-corrected chi connectivity index (χ2v) is 8.68. The van der Waals surface area contributed by atoms with E-state index >= 15 is 0 Å². The van der Waals surface area contributed by atoms with Crippen LogP contribution in [0.4, 0.5) is 0 Å². The first kappa shape index (κ1) is 21.7. The second kappa shape index (κ2) is 8.41. The maximum Gasteiger partial charge on any atom is 0.133 e. The molecule has 5 heteroatoms. The molecule has 2 aromatic carbocycles. The molecule has 0 amide bonds. The van der Waals surface area contributed by atoms with Crippen LogP contribution in [0.2, 0.25) is 0 Å². The zero-order valence-corrected chi connectivity index (χ0v) is 18.1. The summed E-state index contributed by atoms with van der Waals surface area (Å²) in [6.45, 7) is 7.47. The van der Waals surface area contributed by atoms with Crippen molar-refractivity contribution in [2.75, 3.05) is 0 Å². The van der Waals surface area contributed by atoms with E-state index in [2.05, 4.69) is 29.5 Å². The minimum absolute atomic E-state index is 0.00569. The Morgan fingerprint density at radius 3 is 2.47 bits per heavy atom. The number of carbonyl (C=O) groups excluding carboxylic acids is 1. The third kappa shape index (κ3) is 4.44. The van der Waals surface area contributed by atoms with Crippen LogP contribution in [0.25, 0.3) is 11.0 Å². The number of imidazole rings is 1. The number of rotatable bonds is 4. The lowest BCUT2D eigenvalue weighted by Crippen LogP contribution is -2.37. The fourth-order valence-electron chi connectivity index (χ4n) is 4.24. The molecular weight excluding hydrogens is 374 g/mol. The number of aryl methyl sites for hydroxylation is 1. The van der Waals surface area contributed by atoms with E-state index in [9.17, 15) is 9.90 Å². The molecule has 156 valence electrons. The van der Waals surface area contributed by atoms with Gasteiger partial charge in [-0.15, -0.1) is 0 Å². The maximum atomic E-state index is 10.9. The molecule has 0 spiro atoms. The number of benzene rings is 2. The third-order valence-electron chi connectivity index (χ3n) is 5.91. The van der Waals surface area contributed by atoms with E-state index in [4.69, 9.17) is 5.26 Å². The highest BCUT2D eigenvalue weighted by molar-refractivity contribution is 5.78. The van der Waals surface area contributed by atoms with Crippen LogP contribution in [-0.2, 0) is 15.9 Å². The van der Waals surface area contributed by atoms with Crippen molar-refractivity contribution in [1.29, 1.82) is 5.26 Å². The molecule has 1 aliphatic rings. The average molecular weight is 404 g/mol. The molecule has 0 saturated heterocycles. The third-order valence-corrected chi connectivity index (χ3v) is 5.91. The van der Waals surface area contributed by atoms with E-state index in [0.29, 0.717) is 5.56 Å². The number of nitriles is 1. The molecular formula is C25H29N3O2. The summed E-state index contributed by atoms with van der Waals surface area (Å²) in [7, 11) is 0. The van der Waals surface area contributed by atoms with Gasteiger partial charge < -0.3 is 9.67 Å². The normalized spacial score (nSPS) is 16.5. The van der Waals surface area contributed by atoms with E-state index in [0.717, 1.165) is 22.4 Å². The summed E-state index contributed by atoms with van der Waals surface area (Å²) in [4.78, 5) is 15.5. The van der Waals surface area contributed by atoms with E-state index in [1.807, 2.05) is 48.5 Å². The highest BCUT2D eigenvalue weighted by Crippen LogP contribution is 2.41. The fraction of sp³-hybridized carbons (Fsp3) is 0.400. The molecule has 5 nitrogen and oxygen atoms in total. The van der Waals surface area contributed by atoms with Gasteiger partial charge in [0, 0.05) is 12.0 Å². The zero-order chi connectivity index (χ0) is 21.9. The van der Waals surface area contributed by atoms with Gasteiger partial charge in [-0.25, -0.2) is 4.98 Å². The molecule has 0 bridgehead atoms. The molecule has 1 saturated carbocycles. The number of Topliss-reactive ketones (excluding diaryl/α,β-unsaturated/α-hetero) is 1. The largest absolute Gasteiger partial charge is 0.385 e. The average Bonchev–Trinajstić information content (AvgIpc) is 3.01. The van der Waals surface area contributed by atoms with Gasteiger partial charge in [0.1, 0.15) is 11.6 Å². The van der Waals surface area contributed by atoms with Gasteiger partial charge in [-0.2, -0.15) is 5.26 Å². The van der Waals surface area contributed by atoms with E-state index in [1.165, 1.54) is 26.2 Å². The van der Waals surface area contributed by atoms with E-state index < -0.39 is 5.60 Å². The minimum Gasteiger partial charge on any atom is -0.385 e. The minimum atomic E-state index is -1.03. The molecule has 1 aromatic heterocycles. The van der Waals surface area contributed by atoms with Crippen LogP contribution < -0.4 is 0 Å². The Labute approximate surface area is 178 Å². The Morgan fingerprint density at radius 2 is 1.93 bits per heavy atom. The summed E-state index contributed by atoms with van der Waals surface area (Å²) in [5.74, 6) is 1.05. The fourth-order valence-corrected chi connectivity index (χ4v) is 4.24. The summed E-state index contributed by atoms with van der Waals surface area (Å²) in [5.41, 5.74) is 2.75. The Hall–Kier alpha value is -2.97. The molecule has 30 heavy (non-hydrogen) atoms. The lowest BCUT2D eigenvalue weighted by atomic mass is 9.78. The van der Waals surface area contributed by atoms with Crippen LogP contribution in [0.15, 0.2) is 48.5 Å². The van der Waals surface area contributed by atoms with Crippen molar-refractivity contribution in [2.24, 2.45) is 0 Å².